The molecular formula is C21H22ClN3O2S. The average Bonchev–Trinajstić information content (AvgIpc) is 2.69. The van der Waals surface area contributed by atoms with Gasteiger partial charge in [0.2, 0.25) is 5.91 Å². The second-order valence-electron chi connectivity index (χ2n) is 6.60. The maximum absolute atomic E-state index is 13.0. The molecule has 0 unspecified atom stereocenters. The lowest BCUT2D eigenvalue weighted by molar-refractivity contribution is -0.115. The van der Waals surface area contributed by atoms with Gasteiger partial charge >= 0.3 is 0 Å². The van der Waals surface area contributed by atoms with Crippen LogP contribution in [0.15, 0.2) is 58.5 Å². The Morgan fingerprint density at radius 2 is 1.86 bits per heavy atom. The maximum atomic E-state index is 13.0. The van der Waals surface area contributed by atoms with Gasteiger partial charge in [-0.1, -0.05) is 42.4 Å². The van der Waals surface area contributed by atoms with Gasteiger partial charge in [-0.05, 0) is 56.7 Å². The second kappa shape index (κ2) is 8.80. The van der Waals surface area contributed by atoms with Crippen molar-refractivity contribution in [3.8, 4) is 0 Å². The van der Waals surface area contributed by atoms with Gasteiger partial charge in [-0.25, -0.2) is 4.98 Å². The SMILES string of the molecule is CC[C@@H](C)n1c(S[C@@H](C)C(=O)Nc2ccc(Cl)cc2)nc2ccccc2c1=O. The Hall–Kier alpha value is -2.31. The van der Waals surface area contributed by atoms with Crippen molar-refractivity contribution in [1.82, 2.24) is 9.55 Å². The monoisotopic (exact) mass is 415 g/mol. The Kier molecular flexibility index (Phi) is 6.42. The first-order valence-electron chi connectivity index (χ1n) is 9.15. The summed E-state index contributed by atoms with van der Waals surface area (Å²) in [6.07, 6.45) is 0.791. The summed E-state index contributed by atoms with van der Waals surface area (Å²) in [4.78, 5) is 30.3. The number of carbonyl (C=O) groups is 1. The zero-order valence-electron chi connectivity index (χ0n) is 16.0. The Morgan fingerprint density at radius 3 is 2.54 bits per heavy atom. The molecule has 1 aromatic heterocycles. The summed E-state index contributed by atoms with van der Waals surface area (Å²) in [5, 5.41) is 4.19. The van der Waals surface area contributed by atoms with Crippen LogP contribution in [0.2, 0.25) is 5.02 Å². The second-order valence-corrected chi connectivity index (χ2v) is 8.34. The van der Waals surface area contributed by atoms with E-state index in [1.54, 1.807) is 41.8 Å². The van der Waals surface area contributed by atoms with Gasteiger partial charge in [-0.3, -0.25) is 14.2 Å². The lowest BCUT2D eigenvalue weighted by Gasteiger charge is -2.20. The van der Waals surface area contributed by atoms with E-state index in [0.717, 1.165) is 6.42 Å². The minimum Gasteiger partial charge on any atom is -0.325 e. The van der Waals surface area contributed by atoms with Crippen molar-refractivity contribution in [2.75, 3.05) is 5.32 Å². The highest BCUT2D eigenvalue weighted by molar-refractivity contribution is 8.00. The first kappa shape index (κ1) is 20.4. The van der Waals surface area contributed by atoms with Crippen LogP contribution in [-0.2, 0) is 4.79 Å². The van der Waals surface area contributed by atoms with Crippen molar-refractivity contribution >= 4 is 45.9 Å². The molecule has 7 heteroatoms. The number of anilines is 1. The third-order valence-corrected chi connectivity index (χ3v) is 5.89. The highest BCUT2D eigenvalue weighted by Gasteiger charge is 2.21. The molecule has 5 nitrogen and oxygen atoms in total. The topological polar surface area (TPSA) is 64.0 Å². The van der Waals surface area contributed by atoms with Crippen LogP contribution in [0.5, 0.6) is 0 Å². The number of aromatic nitrogens is 2. The molecule has 0 aliphatic rings. The third-order valence-electron chi connectivity index (χ3n) is 4.57. The molecule has 0 aliphatic carbocycles. The predicted octanol–water partition coefficient (Wildman–Crippen LogP) is 5.14. The molecular weight excluding hydrogens is 394 g/mol. The minimum absolute atomic E-state index is 0.0152. The van der Waals surface area contributed by atoms with E-state index in [4.69, 9.17) is 11.6 Å². The normalized spacial score (nSPS) is 13.3. The first-order chi connectivity index (χ1) is 13.4. The largest absolute Gasteiger partial charge is 0.325 e. The predicted molar refractivity (Wildman–Crippen MR) is 116 cm³/mol. The number of carbonyl (C=O) groups excluding carboxylic acids is 1. The minimum atomic E-state index is -0.431. The molecule has 0 spiro atoms. The molecule has 0 bridgehead atoms. The van der Waals surface area contributed by atoms with E-state index in [2.05, 4.69) is 10.3 Å². The van der Waals surface area contributed by atoms with Crippen molar-refractivity contribution in [2.24, 2.45) is 0 Å². The van der Waals surface area contributed by atoms with Crippen LogP contribution in [-0.4, -0.2) is 20.7 Å². The van der Waals surface area contributed by atoms with E-state index in [0.29, 0.717) is 26.8 Å². The molecule has 3 rings (SSSR count). The smallest absolute Gasteiger partial charge is 0.262 e. The van der Waals surface area contributed by atoms with Crippen LogP contribution in [0.4, 0.5) is 5.69 Å². The van der Waals surface area contributed by atoms with Gasteiger partial charge in [0.05, 0.1) is 16.2 Å². The van der Waals surface area contributed by atoms with E-state index in [-0.39, 0.29) is 17.5 Å². The highest BCUT2D eigenvalue weighted by Crippen LogP contribution is 2.26. The van der Waals surface area contributed by atoms with E-state index in [9.17, 15) is 9.59 Å². The summed E-state index contributed by atoms with van der Waals surface area (Å²) in [5.74, 6) is -0.162. The number of para-hydroxylation sites is 1. The number of nitrogens with zero attached hydrogens (tertiary/aromatic N) is 2. The maximum Gasteiger partial charge on any atom is 0.262 e. The van der Waals surface area contributed by atoms with E-state index < -0.39 is 5.25 Å². The fourth-order valence-electron chi connectivity index (χ4n) is 2.77. The molecule has 146 valence electrons. The van der Waals surface area contributed by atoms with Gasteiger partial charge in [0, 0.05) is 16.8 Å². The van der Waals surface area contributed by atoms with Crippen molar-refractivity contribution < 1.29 is 4.79 Å². The molecule has 2 aromatic carbocycles. The fourth-order valence-corrected chi connectivity index (χ4v) is 3.90. The van der Waals surface area contributed by atoms with E-state index in [1.807, 2.05) is 32.0 Å². The molecule has 0 saturated carbocycles. The summed E-state index contributed by atoms with van der Waals surface area (Å²) in [6.45, 7) is 5.82. The van der Waals surface area contributed by atoms with Crippen LogP contribution in [0.1, 0.15) is 33.2 Å². The lowest BCUT2D eigenvalue weighted by atomic mass is 10.2. The van der Waals surface area contributed by atoms with E-state index in [1.165, 1.54) is 11.8 Å². The molecule has 0 saturated heterocycles. The zero-order chi connectivity index (χ0) is 20.3. The summed E-state index contributed by atoms with van der Waals surface area (Å²) in [7, 11) is 0. The van der Waals surface area contributed by atoms with Crippen LogP contribution in [0.25, 0.3) is 10.9 Å². The number of rotatable bonds is 6. The van der Waals surface area contributed by atoms with Gasteiger partial charge in [0.15, 0.2) is 5.16 Å². The number of hydrogen-bond donors (Lipinski definition) is 1. The van der Waals surface area contributed by atoms with Crippen molar-refractivity contribution in [3.05, 3.63) is 63.9 Å². The molecule has 28 heavy (non-hydrogen) atoms. The molecule has 0 aliphatic heterocycles. The Morgan fingerprint density at radius 1 is 1.18 bits per heavy atom. The number of halogens is 1. The molecule has 1 heterocycles. The van der Waals surface area contributed by atoms with Gasteiger partial charge in [0.25, 0.3) is 5.56 Å². The zero-order valence-corrected chi connectivity index (χ0v) is 17.6. The number of amides is 1. The highest BCUT2D eigenvalue weighted by atomic mass is 35.5. The van der Waals surface area contributed by atoms with Crippen molar-refractivity contribution in [1.29, 1.82) is 0 Å². The summed E-state index contributed by atoms with van der Waals surface area (Å²) in [6, 6.07) is 14.2. The molecule has 0 radical (unpaired) electrons. The number of hydrogen-bond acceptors (Lipinski definition) is 4. The van der Waals surface area contributed by atoms with Gasteiger partial charge in [0.1, 0.15) is 0 Å². The summed E-state index contributed by atoms with van der Waals surface area (Å²) >= 11 is 7.17. The third kappa shape index (κ3) is 4.39. The first-order valence-corrected chi connectivity index (χ1v) is 10.4. The Bertz CT molecular complexity index is 1050. The van der Waals surface area contributed by atoms with Gasteiger partial charge in [-0.2, -0.15) is 0 Å². The van der Waals surface area contributed by atoms with Gasteiger partial charge < -0.3 is 5.32 Å². The Labute approximate surface area is 173 Å². The summed E-state index contributed by atoms with van der Waals surface area (Å²) in [5.41, 5.74) is 1.24. The number of nitrogens with one attached hydrogen (secondary N) is 1. The fraction of sp³-hybridized carbons (Fsp3) is 0.286. The molecule has 1 N–H and O–H groups in total. The van der Waals surface area contributed by atoms with Crippen LogP contribution < -0.4 is 10.9 Å². The number of benzene rings is 2. The van der Waals surface area contributed by atoms with Gasteiger partial charge in [-0.15, -0.1) is 0 Å². The standard InChI is InChI=1S/C21H22ClN3O2S/c1-4-13(2)25-20(27)17-7-5-6-8-18(17)24-21(25)28-14(3)19(26)23-16-11-9-15(22)10-12-16/h5-14H,4H2,1-3H3,(H,23,26)/t13-,14+/m1/s1. The molecule has 3 aromatic rings. The molecule has 1 amide bonds. The van der Waals surface area contributed by atoms with Crippen molar-refractivity contribution in [3.63, 3.8) is 0 Å². The average molecular weight is 416 g/mol. The number of thioether (sulfide) groups is 1. The van der Waals surface area contributed by atoms with Crippen molar-refractivity contribution in [2.45, 2.75) is 43.6 Å². The number of fused-ring (bicyclic) bond motifs is 1. The Balaban J connectivity index is 1.90. The van der Waals surface area contributed by atoms with Crippen LogP contribution in [0.3, 0.4) is 0 Å². The van der Waals surface area contributed by atoms with E-state index >= 15 is 0 Å². The van der Waals surface area contributed by atoms with Crippen LogP contribution >= 0.6 is 23.4 Å². The molecule has 0 fully saturated rings. The quantitative estimate of drug-likeness (QED) is 0.447. The molecule has 2 atom stereocenters. The summed E-state index contributed by atoms with van der Waals surface area (Å²) < 4.78 is 1.69. The lowest BCUT2D eigenvalue weighted by Crippen LogP contribution is -2.28. The van der Waals surface area contributed by atoms with Crippen LogP contribution in [0, 0.1) is 0 Å².